The largest absolute Gasteiger partial charge is 0.465 e. The summed E-state index contributed by atoms with van der Waals surface area (Å²) in [6.07, 6.45) is 1.63. The van der Waals surface area contributed by atoms with Crippen molar-refractivity contribution >= 4 is 16.9 Å². The third-order valence-corrected chi connectivity index (χ3v) is 2.83. The summed E-state index contributed by atoms with van der Waals surface area (Å²) in [5.41, 5.74) is 1.62. The van der Waals surface area contributed by atoms with E-state index in [-0.39, 0.29) is 5.97 Å². The maximum absolute atomic E-state index is 12.0. The first-order valence-electron chi connectivity index (χ1n) is 5.94. The molecule has 0 saturated carbocycles. The summed E-state index contributed by atoms with van der Waals surface area (Å²) in [5, 5.41) is 0.948. The minimum absolute atomic E-state index is 0.256. The molecule has 1 unspecified atom stereocenters. The van der Waals surface area contributed by atoms with Crippen LogP contribution in [0.5, 0.6) is 0 Å². The van der Waals surface area contributed by atoms with Crippen LogP contribution in [-0.4, -0.2) is 31.6 Å². The number of likely N-dealkylation sites (N-methyl/N-ethyl adjacent to an activating group) is 1. The number of hydrogen-bond acceptors (Lipinski definition) is 4. The van der Waals surface area contributed by atoms with Crippen LogP contribution in [0.15, 0.2) is 34.9 Å². The predicted octanol–water partition coefficient (Wildman–Crippen LogP) is 2.60. The lowest BCUT2D eigenvalue weighted by Gasteiger charge is -2.21. The van der Waals surface area contributed by atoms with Crippen LogP contribution in [0.4, 0.5) is 0 Å². The Kier molecular flexibility index (Phi) is 3.67. The first-order valence-corrected chi connectivity index (χ1v) is 5.94. The fraction of sp³-hybridized carbons (Fsp3) is 0.357. The Bertz CT molecular complexity index is 545. The summed E-state index contributed by atoms with van der Waals surface area (Å²) in [6, 6.07) is 7.23. The first kappa shape index (κ1) is 12.6. The third kappa shape index (κ3) is 2.24. The Balaban J connectivity index is 2.45. The standard InChI is InChI=1S/C14H17NO3/c1-4-17-14(16)13(15(2)3)11-9-18-12-8-6-5-7-10(11)12/h5-9,13H,4H2,1-3H3. The summed E-state index contributed by atoms with van der Waals surface area (Å²) >= 11 is 0. The molecule has 4 nitrogen and oxygen atoms in total. The number of hydrogen-bond donors (Lipinski definition) is 0. The number of fused-ring (bicyclic) bond motifs is 1. The summed E-state index contributed by atoms with van der Waals surface area (Å²) < 4.78 is 10.6. The molecule has 0 aliphatic heterocycles. The molecule has 0 bridgehead atoms. The zero-order valence-electron chi connectivity index (χ0n) is 10.8. The normalized spacial score (nSPS) is 12.9. The van der Waals surface area contributed by atoms with Crippen molar-refractivity contribution in [2.24, 2.45) is 0 Å². The van der Waals surface area contributed by atoms with Crippen molar-refractivity contribution in [2.75, 3.05) is 20.7 Å². The molecule has 1 aromatic carbocycles. The van der Waals surface area contributed by atoms with Gasteiger partial charge in [-0.1, -0.05) is 18.2 Å². The molecule has 0 spiro atoms. The second kappa shape index (κ2) is 5.23. The van der Waals surface area contributed by atoms with Gasteiger partial charge in [0.25, 0.3) is 0 Å². The Hall–Kier alpha value is -1.81. The molecular weight excluding hydrogens is 230 g/mol. The van der Waals surface area contributed by atoms with Crippen LogP contribution in [0, 0.1) is 0 Å². The van der Waals surface area contributed by atoms with E-state index < -0.39 is 6.04 Å². The highest BCUT2D eigenvalue weighted by Gasteiger charge is 2.27. The summed E-state index contributed by atoms with van der Waals surface area (Å²) in [7, 11) is 3.70. The van der Waals surface area contributed by atoms with Crippen molar-refractivity contribution in [3.8, 4) is 0 Å². The summed E-state index contributed by atoms with van der Waals surface area (Å²) in [6.45, 7) is 2.18. The van der Waals surface area contributed by atoms with Crippen molar-refractivity contribution in [1.29, 1.82) is 0 Å². The number of rotatable bonds is 4. The predicted molar refractivity (Wildman–Crippen MR) is 69.3 cm³/mol. The van der Waals surface area contributed by atoms with Crippen LogP contribution in [0.3, 0.4) is 0 Å². The summed E-state index contributed by atoms with van der Waals surface area (Å²) in [5.74, 6) is -0.256. The molecule has 2 aromatic rings. The number of furan rings is 1. The maximum atomic E-state index is 12.0. The Morgan fingerprint density at radius 1 is 1.39 bits per heavy atom. The lowest BCUT2D eigenvalue weighted by atomic mass is 10.1. The van der Waals surface area contributed by atoms with Gasteiger partial charge in [0.1, 0.15) is 11.6 Å². The van der Waals surface area contributed by atoms with Crippen molar-refractivity contribution < 1.29 is 13.9 Å². The molecule has 1 heterocycles. The topological polar surface area (TPSA) is 42.7 Å². The SMILES string of the molecule is CCOC(=O)C(c1coc2ccccc12)N(C)C. The molecule has 1 aromatic heterocycles. The number of nitrogens with zero attached hydrogens (tertiary/aromatic N) is 1. The number of ether oxygens (including phenoxy) is 1. The highest BCUT2D eigenvalue weighted by atomic mass is 16.5. The van der Waals surface area contributed by atoms with Crippen LogP contribution < -0.4 is 0 Å². The minimum Gasteiger partial charge on any atom is -0.465 e. The quantitative estimate of drug-likeness (QED) is 0.779. The molecule has 0 aliphatic carbocycles. The van der Waals surface area contributed by atoms with E-state index in [4.69, 9.17) is 9.15 Å². The number of carbonyl (C=O) groups excluding carboxylic acids is 1. The van der Waals surface area contributed by atoms with Gasteiger partial charge in [-0.25, -0.2) is 4.79 Å². The zero-order valence-corrected chi connectivity index (χ0v) is 10.8. The smallest absolute Gasteiger partial charge is 0.328 e. The van der Waals surface area contributed by atoms with Crippen LogP contribution in [0.25, 0.3) is 11.0 Å². The van der Waals surface area contributed by atoms with Gasteiger partial charge in [-0.2, -0.15) is 0 Å². The molecule has 0 amide bonds. The average Bonchev–Trinajstić information content (AvgIpc) is 2.74. The van der Waals surface area contributed by atoms with Gasteiger partial charge in [0.15, 0.2) is 0 Å². The third-order valence-electron chi connectivity index (χ3n) is 2.83. The van der Waals surface area contributed by atoms with Crippen molar-refractivity contribution in [1.82, 2.24) is 4.90 Å². The van der Waals surface area contributed by atoms with Crippen molar-refractivity contribution in [3.05, 3.63) is 36.1 Å². The van der Waals surface area contributed by atoms with E-state index in [2.05, 4.69) is 0 Å². The first-order chi connectivity index (χ1) is 8.65. The number of carbonyl (C=O) groups is 1. The molecule has 0 radical (unpaired) electrons. The van der Waals surface area contributed by atoms with E-state index in [1.165, 1.54) is 0 Å². The van der Waals surface area contributed by atoms with Crippen molar-refractivity contribution in [2.45, 2.75) is 13.0 Å². The van der Waals surface area contributed by atoms with Gasteiger partial charge < -0.3 is 9.15 Å². The fourth-order valence-corrected chi connectivity index (χ4v) is 2.05. The minimum atomic E-state index is -0.436. The molecule has 2 rings (SSSR count). The van der Waals surface area contributed by atoms with Gasteiger partial charge in [-0.15, -0.1) is 0 Å². The van der Waals surface area contributed by atoms with E-state index in [1.54, 1.807) is 13.2 Å². The van der Waals surface area contributed by atoms with Gasteiger partial charge in [-0.05, 0) is 27.1 Å². The van der Waals surface area contributed by atoms with Crippen LogP contribution >= 0.6 is 0 Å². The van der Waals surface area contributed by atoms with Crippen LogP contribution in [0.1, 0.15) is 18.5 Å². The molecule has 4 heteroatoms. The molecular formula is C14H17NO3. The Morgan fingerprint density at radius 2 is 2.11 bits per heavy atom. The number of benzene rings is 1. The highest BCUT2D eigenvalue weighted by molar-refractivity contribution is 5.88. The fourth-order valence-electron chi connectivity index (χ4n) is 2.05. The summed E-state index contributed by atoms with van der Waals surface area (Å²) in [4.78, 5) is 13.8. The molecule has 0 fully saturated rings. The lowest BCUT2D eigenvalue weighted by Crippen LogP contribution is -2.29. The monoisotopic (exact) mass is 247 g/mol. The number of para-hydroxylation sites is 1. The maximum Gasteiger partial charge on any atom is 0.328 e. The van der Waals surface area contributed by atoms with E-state index in [9.17, 15) is 4.79 Å². The Labute approximate surface area is 106 Å². The van der Waals surface area contributed by atoms with Gasteiger partial charge in [-0.3, -0.25) is 4.90 Å². The molecule has 0 N–H and O–H groups in total. The number of esters is 1. The second-order valence-electron chi connectivity index (χ2n) is 4.31. The van der Waals surface area contributed by atoms with E-state index in [1.807, 2.05) is 43.3 Å². The molecule has 0 aliphatic rings. The van der Waals surface area contributed by atoms with Crippen LogP contribution in [-0.2, 0) is 9.53 Å². The van der Waals surface area contributed by atoms with E-state index in [0.717, 1.165) is 16.5 Å². The van der Waals surface area contributed by atoms with Gasteiger partial charge in [0.2, 0.25) is 0 Å². The van der Waals surface area contributed by atoms with Gasteiger partial charge >= 0.3 is 5.97 Å². The average molecular weight is 247 g/mol. The molecule has 18 heavy (non-hydrogen) atoms. The van der Waals surface area contributed by atoms with Crippen molar-refractivity contribution in [3.63, 3.8) is 0 Å². The zero-order chi connectivity index (χ0) is 13.1. The highest BCUT2D eigenvalue weighted by Crippen LogP contribution is 2.29. The second-order valence-corrected chi connectivity index (χ2v) is 4.31. The molecule has 96 valence electrons. The van der Waals surface area contributed by atoms with Gasteiger partial charge in [0, 0.05) is 10.9 Å². The van der Waals surface area contributed by atoms with Crippen LogP contribution in [0.2, 0.25) is 0 Å². The lowest BCUT2D eigenvalue weighted by molar-refractivity contribution is -0.148. The Morgan fingerprint density at radius 3 is 2.78 bits per heavy atom. The molecule has 1 atom stereocenters. The van der Waals surface area contributed by atoms with E-state index in [0.29, 0.717) is 6.61 Å². The van der Waals surface area contributed by atoms with E-state index >= 15 is 0 Å². The molecule has 0 saturated heterocycles. The van der Waals surface area contributed by atoms with Gasteiger partial charge in [0.05, 0.1) is 12.9 Å².